The van der Waals surface area contributed by atoms with Crippen molar-refractivity contribution in [2.45, 2.75) is 12.8 Å². The molecule has 0 amide bonds. The molecule has 2 aromatic rings. The van der Waals surface area contributed by atoms with Gasteiger partial charge in [-0.3, -0.25) is 4.57 Å². The average Bonchev–Trinajstić information content (AvgIpc) is 3.01. The Morgan fingerprint density at radius 3 is 3.06 bits per heavy atom. The molecule has 4 nitrogen and oxygen atoms in total. The quantitative estimate of drug-likeness (QED) is 0.864. The molecule has 0 spiro atoms. The Morgan fingerprint density at radius 2 is 2.41 bits per heavy atom. The van der Waals surface area contributed by atoms with Crippen LogP contribution in [-0.4, -0.2) is 27.6 Å². The summed E-state index contributed by atoms with van der Waals surface area (Å²) in [7, 11) is 0. The van der Waals surface area contributed by atoms with E-state index in [0.29, 0.717) is 0 Å². The molecule has 0 saturated carbocycles. The number of hydrogen-bond acceptors (Lipinski definition) is 3. The number of rotatable bonds is 3. The maximum atomic E-state index is 4.47. The summed E-state index contributed by atoms with van der Waals surface area (Å²) < 4.78 is 1.92. The van der Waals surface area contributed by atoms with Gasteiger partial charge in [0.25, 0.3) is 0 Å². The van der Waals surface area contributed by atoms with E-state index in [1.165, 1.54) is 12.0 Å². The Kier molecular flexibility index (Phi) is 2.88. The molecule has 1 saturated heterocycles. The van der Waals surface area contributed by atoms with Crippen LogP contribution >= 0.6 is 0 Å². The van der Waals surface area contributed by atoms with Crippen LogP contribution in [0.1, 0.15) is 12.0 Å². The fourth-order valence-electron chi connectivity index (χ4n) is 2.31. The number of pyridine rings is 1. The van der Waals surface area contributed by atoms with Gasteiger partial charge in [0, 0.05) is 18.6 Å². The van der Waals surface area contributed by atoms with Crippen molar-refractivity contribution in [1.29, 1.82) is 0 Å². The lowest BCUT2D eigenvalue weighted by atomic mass is 10.00. The molecule has 0 bridgehead atoms. The van der Waals surface area contributed by atoms with E-state index in [-0.39, 0.29) is 0 Å². The Bertz CT molecular complexity index is 455. The highest BCUT2D eigenvalue weighted by Crippen LogP contribution is 2.15. The Labute approximate surface area is 101 Å². The molecule has 1 atom stereocenters. The second-order valence-electron chi connectivity index (χ2n) is 4.56. The van der Waals surface area contributed by atoms with E-state index in [9.17, 15) is 0 Å². The average molecular weight is 228 g/mol. The van der Waals surface area contributed by atoms with Crippen LogP contribution in [0, 0.1) is 5.92 Å². The van der Waals surface area contributed by atoms with Crippen molar-refractivity contribution in [3.05, 3.63) is 42.6 Å². The first-order valence-electron chi connectivity index (χ1n) is 6.06. The third kappa shape index (κ3) is 2.36. The highest BCUT2D eigenvalue weighted by molar-refractivity contribution is 5.25. The predicted octanol–water partition coefficient (Wildman–Crippen LogP) is 1.42. The third-order valence-electron chi connectivity index (χ3n) is 3.26. The molecule has 3 heterocycles. The molecule has 0 unspecified atom stereocenters. The number of aromatic nitrogens is 3. The van der Waals surface area contributed by atoms with E-state index in [1.807, 2.05) is 17.0 Å². The normalized spacial score (nSPS) is 19.6. The highest BCUT2D eigenvalue weighted by Gasteiger charge is 2.14. The molecule has 0 radical (unpaired) electrons. The van der Waals surface area contributed by atoms with Crippen LogP contribution in [0.5, 0.6) is 0 Å². The van der Waals surface area contributed by atoms with E-state index in [2.05, 4.69) is 27.4 Å². The minimum absolute atomic E-state index is 0.774. The van der Waals surface area contributed by atoms with E-state index in [0.717, 1.165) is 31.2 Å². The van der Waals surface area contributed by atoms with Gasteiger partial charge < -0.3 is 5.32 Å². The molecule has 0 aliphatic carbocycles. The Balaban J connectivity index is 1.71. The van der Waals surface area contributed by atoms with Gasteiger partial charge in [-0.15, -0.1) is 0 Å². The monoisotopic (exact) mass is 228 g/mol. The summed E-state index contributed by atoms with van der Waals surface area (Å²) in [5, 5.41) is 3.39. The van der Waals surface area contributed by atoms with Crippen LogP contribution in [0.25, 0.3) is 5.82 Å². The Hall–Kier alpha value is -1.68. The second-order valence-corrected chi connectivity index (χ2v) is 4.56. The van der Waals surface area contributed by atoms with Crippen molar-refractivity contribution in [2.24, 2.45) is 5.92 Å². The molecule has 2 aromatic heterocycles. The van der Waals surface area contributed by atoms with Crippen molar-refractivity contribution in [3.63, 3.8) is 0 Å². The van der Waals surface area contributed by atoms with Crippen molar-refractivity contribution < 1.29 is 0 Å². The first-order valence-corrected chi connectivity index (χ1v) is 6.06. The van der Waals surface area contributed by atoms with E-state index < -0.39 is 0 Å². The summed E-state index contributed by atoms with van der Waals surface area (Å²) in [4.78, 5) is 8.48. The molecular weight excluding hydrogens is 212 g/mol. The van der Waals surface area contributed by atoms with Crippen molar-refractivity contribution in [1.82, 2.24) is 19.9 Å². The topological polar surface area (TPSA) is 42.7 Å². The van der Waals surface area contributed by atoms with Crippen LogP contribution in [0.3, 0.4) is 0 Å². The molecule has 17 heavy (non-hydrogen) atoms. The lowest BCUT2D eigenvalue weighted by Crippen LogP contribution is -2.11. The van der Waals surface area contributed by atoms with Gasteiger partial charge in [-0.1, -0.05) is 6.07 Å². The first kappa shape index (κ1) is 10.5. The number of hydrogen-bond donors (Lipinski definition) is 1. The van der Waals surface area contributed by atoms with Gasteiger partial charge in [-0.25, -0.2) is 9.97 Å². The largest absolute Gasteiger partial charge is 0.316 e. The van der Waals surface area contributed by atoms with Crippen molar-refractivity contribution in [2.75, 3.05) is 13.1 Å². The van der Waals surface area contributed by atoms with Gasteiger partial charge in [0.2, 0.25) is 0 Å². The fourth-order valence-corrected chi connectivity index (χ4v) is 2.31. The van der Waals surface area contributed by atoms with E-state index in [4.69, 9.17) is 0 Å². The standard InChI is InChI=1S/C13H16N4/c1-2-13(17-6-5-15-10-17)16-9-11(1)7-12-3-4-14-8-12/h1-2,5-6,9-10,12,14H,3-4,7-8H2/t12-/m0/s1. The van der Waals surface area contributed by atoms with Crippen molar-refractivity contribution >= 4 is 0 Å². The van der Waals surface area contributed by atoms with Crippen molar-refractivity contribution in [3.8, 4) is 5.82 Å². The first-order chi connectivity index (χ1) is 8.42. The van der Waals surface area contributed by atoms with Crippen LogP contribution in [0.4, 0.5) is 0 Å². The minimum Gasteiger partial charge on any atom is -0.316 e. The molecule has 4 heteroatoms. The summed E-state index contributed by atoms with van der Waals surface area (Å²) in [6.07, 6.45) is 9.83. The van der Waals surface area contributed by atoms with E-state index >= 15 is 0 Å². The zero-order chi connectivity index (χ0) is 11.5. The summed E-state index contributed by atoms with van der Waals surface area (Å²) in [6.45, 7) is 2.30. The summed E-state index contributed by atoms with van der Waals surface area (Å²) in [5.41, 5.74) is 1.32. The smallest absolute Gasteiger partial charge is 0.137 e. The maximum Gasteiger partial charge on any atom is 0.137 e. The fraction of sp³-hybridized carbons (Fsp3) is 0.385. The zero-order valence-corrected chi connectivity index (χ0v) is 9.71. The summed E-state index contributed by atoms with van der Waals surface area (Å²) in [6, 6.07) is 4.22. The molecule has 0 aromatic carbocycles. The van der Waals surface area contributed by atoms with Crippen LogP contribution in [-0.2, 0) is 6.42 Å². The van der Waals surface area contributed by atoms with Gasteiger partial charge in [-0.2, -0.15) is 0 Å². The molecule has 1 fully saturated rings. The van der Waals surface area contributed by atoms with Gasteiger partial charge in [0.1, 0.15) is 12.1 Å². The third-order valence-corrected chi connectivity index (χ3v) is 3.26. The minimum atomic E-state index is 0.774. The highest BCUT2D eigenvalue weighted by atomic mass is 15.1. The lowest BCUT2D eigenvalue weighted by molar-refractivity contribution is 0.579. The Morgan fingerprint density at radius 1 is 1.41 bits per heavy atom. The molecule has 1 aliphatic rings. The van der Waals surface area contributed by atoms with E-state index in [1.54, 1.807) is 12.5 Å². The van der Waals surface area contributed by atoms with Gasteiger partial charge in [0.05, 0.1) is 0 Å². The molecule has 88 valence electrons. The number of nitrogens with one attached hydrogen (secondary N) is 1. The molecule has 1 aliphatic heterocycles. The SMILES string of the molecule is c1cn(-c2ccc(C[C@@H]3CCNC3)cn2)cn1. The molecule has 3 rings (SSSR count). The predicted molar refractivity (Wildman–Crippen MR) is 66.0 cm³/mol. The van der Waals surface area contributed by atoms with Gasteiger partial charge in [-0.05, 0) is 43.5 Å². The van der Waals surface area contributed by atoms with Gasteiger partial charge >= 0.3 is 0 Å². The molecular formula is C13H16N4. The molecule has 1 N–H and O–H groups in total. The van der Waals surface area contributed by atoms with Crippen LogP contribution < -0.4 is 5.32 Å². The van der Waals surface area contributed by atoms with Gasteiger partial charge in [0.15, 0.2) is 0 Å². The van der Waals surface area contributed by atoms with Crippen LogP contribution in [0.15, 0.2) is 37.1 Å². The summed E-state index contributed by atoms with van der Waals surface area (Å²) in [5.74, 6) is 1.70. The maximum absolute atomic E-state index is 4.47. The second kappa shape index (κ2) is 4.67. The number of imidazole rings is 1. The zero-order valence-electron chi connectivity index (χ0n) is 9.71. The number of nitrogens with zero attached hydrogens (tertiary/aromatic N) is 3. The van der Waals surface area contributed by atoms with Crippen LogP contribution in [0.2, 0.25) is 0 Å². The summed E-state index contributed by atoms with van der Waals surface area (Å²) >= 11 is 0. The lowest BCUT2D eigenvalue weighted by Gasteiger charge is -2.08.